The molecular weight excluding hydrogens is 260 g/mol. The summed E-state index contributed by atoms with van der Waals surface area (Å²) in [4.78, 5) is 18.4. The highest BCUT2D eigenvalue weighted by Gasteiger charge is 2.24. The summed E-state index contributed by atoms with van der Waals surface area (Å²) in [5, 5.41) is 14.1. The average molecular weight is 282 g/mol. The number of rotatable bonds is 7. The Labute approximate surface area is 118 Å². The fraction of sp³-hybridized carbons (Fsp3) is 0.692. The Balaban J connectivity index is 2.86. The number of nitrogens with one attached hydrogen (secondary N) is 1. The van der Waals surface area contributed by atoms with E-state index in [2.05, 4.69) is 36.1 Å². The number of nitro groups is 1. The minimum absolute atomic E-state index is 0.0212. The molecule has 0 atom stereocenters. The number of ether oxygens (including phenoxy) is 1. The van der Waals surface area contributed by atoms with Crippen molar-refractivity contribution in [1.82, 2.24) is 9.97 Å². The molecule has 0 saturated heterocycles. The zero-order valence-electron chi connectivity index (χ0n) is 12.5. The van der Waals surface area contributed by atoms with Crippen LogP contribution >= 0.6 is 0 Å². The van der Waals surface area contributed by atoms with Gasteiger partial charge in [0.2, 0.25) is 5.82 Å². The predicted molar refractivity (Wildman–Crippen MR) is 77.0 cm³/mol. The quantitative estimate of drug-likeness (QED) is 0.610. The van der Waals surface area contributed by atoms with E-state index in [4.69, 9.17) is 4.74 Å². The van der Waals surface area contributed by atoms with E-state index >= 15 is 0 Å². The third kappa shape index (κ3) is 4.99. The molecule has 1 heterocycles. The summed E-state index contributed by atoms with van der Waals surface area (Å²) in [5.41, 5.74) is -0.0969. The first-order valence-corrected chi connectivity index (χ1v) is 6.71. The molecule has 0 spiro atoms. The summed E-state index contributed by atoms with van der Waals surface area (Å²) in [7, 11) is 0. The molecule has 1 aromatic heterocycles. The molecule has 7 heteroatoms. The molecule has 0 unspecified atom stereocenters. The molecule has 0 fully saturated rings. The summed E-state index contributed by atoms with van der Waals surface area (Å²) >= 11 is 0. The zero-order valence-corrected chi connectivity index (χ0v) is 12.5. The van der Waals surface area contributed by atoms with Crippen LogP contribution in [0.3, 0.4) is 0 Å². The van der Waals surface area contributed by atoms with Crippen molar-refractivity contribution in [2.24, 2.45) is 5.41 Å². The highest BCUT2D eigenvalue weighted by atomic mass is 16.6. The fourth-order valence-electron chi connectivity index (χ4n) is 1.46. The number of aromatic nitrogens is 2. The fourth-order valence-corrected chi connectivity index (χ4v) is 1.46. The first kappa shape index (κ1) is 16.1. The molecule has 0 amide bonds. The van der Waals surface area contributed by atoms with Gasteiger partial charge in [-0.05, 0) is 18.3 Å². The lowest BCUT2D eigenvalue weighted by atomic mass is 9.93. The Morgan fingerprint density at radius 1 is 1.40 bits per heavy atom. The van der Waals surface area contributed by atoms with Crippen molar-refractivity contribution < 1.29 is 9.66 Å². The molecule has 0 bridgehead atoms. The topological polar surface area (TPSA) is 90.2 Å². The monoisotopic (exact) mass is 282 g/mol. The first-order chi connectivity index (χ1) is 9.35. The molecule has 0 aliphatic heterocycles. The van der Waals surface area contributed by atoms with E-state index in [9.17, 15) is 10.1 Å². The Hall–Kier alpha value is -1.92. The Kier molecular flexibility index (Phi) is 5.66. The van der Waals surface area contributed by atoms with Crippen LogP contribution in [0.25, 0.3) is 0 Å². The zero-order chi connectivity index (χ0) is 15.2. The van der Waals surface area contributed by atoms with Gasteiger partial charge >= 0.3 is 5.69 Å². The van der Waals surface area contributed by atoms with E-state index in [-0.39, 0.29) is 22.8 Å². The Morgan fingerprint density at radius 3 is 2.65 bits per heavy atom. The largest absolute Gasteiger partial charge is 0.473 e. The lowest BCUT2D eigenvalue weighted by molar-refractivity contribution is -0.385. The van der Waals surface area contributed by atoms with Crippen LogP contribution in [0.15, 0.2) is 6.33 Å². The Morgan fingerprint density at radius 2 is 2.10 bits per heavy atom. The molecule has 20 heavy (non-hydrogen) atoms. The predicted octanol–water partition coefficient (Wildman–Crippen LogP) is 3.02. The van der Waals surface area contributed by atoms with E-state index < -0.39 is 4.92 Å². The van der Waals surface area contributed by atoms with Crippen LogP contribution in [0.4, 0.5) is 11.5 Å². The van der Waals surface area contributed by atoms with Crippen molar-refractivity contribution in [1.29, 1.82) is 0 Å². The van der Waals surface area contributed by atoms with Crippen LogP contribution in [-0.4, -0.2) is 28.0 Å². The van der Waals surface area contributed by atoms with Gasteiger partial charge in [-0.1, -0.05) is 27.7 Å². The third-order valence-corrected chi connectivity index (χ3v) is 2.60. The second-order valence-electron chi connectivity index (χ2n) is 5.72. The molecule has 0 radical (unpaired) electrons. The van der Waals surface area contributed by atoms with Gasteiger partial charge in [0.15, 0.2) is 0 Å². The van der Waals surface area contributed by atoms with Crippen molar-refractivity contribution >= 4 is 11.5 Å². The van der Waals surface area contributed by atoms with Gasteiger partial charge in [0.25, 0.3) is 5.88 Å². The third-order valence-electron chi connectivity index (χ3n) is 2.60. The summed E-state index contributed by atoms with van der Waals surface area (Å²) in [5.74, 6) is 0.227. The van der Waals surface area contributed by atoms with E-state index in [1.807, 2.05) is 6.92 Å². The molecule has 0 aromatic carbocycles. The van der Waals surface area contributed by atoms with Crippen molar-refractivity contribution in [3.05, 3.63) is 16.4 Å². The van der Waals surface area contributed by atoms with E-state index in [1.165, 1.54) is 6.33 Å². The highest BCUT2D eigenvalue weighted by Crippen LogP contribution is 2.31. The van der Waals surface area contributed by atoms with Gasteiger partial charge in [-0.15, -0.1) is 0 Å². The van der Waals surface area contributed by atoms with E-state index in [1.54, 1.807) is 0 Å². The molecule has 112 valence electrons. The maximum absolute atomic E-state index is 11.2. The molecular formula is C13H22N4O3. The smallest absolute Gasteiger partial charge is 0.372 e. The molecule has 1 rings (SSSR count). The summed E-state index contributed by atoms with van der Waals surface area (Å²) < 4.78 is 5.46. The summed E-state index contributed by atoms with van der Waals surface area (Å²) in [6, 6.07) is 0. The van der Waals surface area contributed by atoms with Crippen molar-refractivity contribution in [3.63, 3.8) is 0 Å². The maximum Gasteiger partial charge on any atom is 0.372 e. The number of nitrogens with zero attached hydrogens (tertiary/aromatic N) is 3. The highest BCUT2D eigenvalue weighted by molar-refractivity contribution is 5.61. The molecule has 1 aromatic rings. The lowest BCUT2D eigenvalue weighted by Gasteiger charge is -2.17. The van der Waals surface area contributed by atoms with Crippen LogP contribution in [0.1, 0.15) is 40.5 Å². The van der Waals surface area contributed by atoms with Gasteiger partial charge in [-0.3, -0.25) is 10.1 Å². The minimum Gasteiger partial charge on any atom is -0.473 e. The molecule has 0 saturated carbocycles. The number of hydrogen-bond donors (Lipinski definition) is 1. The number of hydrogen-bond acceptors (Lipinski definition) is 6. The van der Waals surface area contributed by atoms with Gasteiger partial charge in [-0.2, -0.15) is 4.98 Å². The van der Waals surface area contributed by atoms with Gasteiger partial charge in [-0.25, -0.2) is 4.98 Å². The van der Waals surface area contributed by atoms with Crippen LogP contribution in [0, 0.1) is 15.5 Å². The van der Waals surface area contributed by atoms with Gasteiger partial charge in [0.1, 0.15) is 6.33 Å². The molecule has 1 N–H and O–H groups in total. The average Bonchev–Trinajstić information content (AvgIpc) is 2.34. The van der Waals surface area contributed by atoms with Gasteiger partial charge in [0.05, 0.1) is 11.5 Å². The molecule has 0 aliphatic rings. The standard InChI is InChI=1S/C13H22N4O3/c1-5-7-14-11-10(17(18)19)12(16-9-15-11)20-8-6-13(2,3)4/h9H,5-8H2,1-4H3,(H,14,15,16). The second-order valence-corrected chi connectivity index (χ2v) is 5.72. The summed E-state index contributed by atoms with van der Waals surface area (Å²) in [6.45, 7) is 9.21. The minimum atomic E-state index is -0.510. The lowest BCUT2D eigenvalue weighted by Crippen LogP contribution is -2.13. The first-order valence-electron chi connectivity index (χ1n) is 6.71. The number of anilines is 1. The Bertz CT molecular complexity index is 457. The summed E-state index contributed by atoms with van der Waals surface area (Å²) in [6.07, 6.45) is 2.91. The van der Waals surface area contributed by atoms with Gasteiger partial charge < -0.3 is 10.1 Å². The molecule has 7 nitrogen and oxygen atoms in total. The van der Waals surface area contributed by atoms with Crippen molar-refractivity contribution in [2.45, 2.75) is 40.5 Å². The van der Waals surface area contributed by atoms with Crippen LogP contribution < -0.4 is 10.1 Å². The van der Waals surface area contributed by atoms with Crippen molar-refractivity contribution in [3.8, 4) is 5.88 Å². The van der Waals surface area contributed by atoms with Crippen LogP contribution in [0.5, 0.6) is 5.88 Å². The van der Waals surface area contributed by atoms with Gasteiger partial charge in [0, 0.05) is 6.54 Å². The van der Waals surface area contributed by atoms with E-state index in [0.717, 1.165) is 12.8 Å². The van der Waals surface area contributed by atoms with Crippen molar-refractivity contribution in [2.75, 3.05) is 18.5 Å². The van der Waals surface area contributed by atoms with Crippen LogP contribution in [-0.2, 0) is 0 Å². The van der Waals surface area contributed by atoms with Crippen LogP contribution in [0.2, 0.25) is 0 Å². The second kappa shape index (κ2) is 7.02. The molecule has 0 aliphatic carbocycles. The van der Waals surface area contributed by atoms with E-state index in [0.29, 0.717) is 13.2 Å². The normalized spacial score (nSPS) is 11.2. The SMILES string of the molecule is CCCNc1ncnc(OCCC(C)(C)C)c1[N+](=O)[O-]. The maximum atomic E-state index is 11.2.